The zero-order chi connectivity index (χ0) is 23.2. The van der Waals surface area contributed by atoms with Crippen molar-refractivity contribution < 1.29 is 19.1 Å². The van der Waals surface area contributed by atoms with Crippen LogP contribution in [-0.2, 0) is 20.7 Å². The maximum Gasteiger partial charge on any atom is 0.253 e. The van der Waals surface area contributed by atoms with Crippen LogP contribution in [0.15, 0.2) is 61.1 Å². The molecule has 3 aromatic rings. The molecule has 1 saturated heterocycles. The van der Waals surface area contributed by atoms with Gasteiger partial charge in [0.05, 0.1) is 12.9 Å². The Balaban J connectivity index is 1.45. The minimum atomic E-state index is -0.853. The first kappa shape index (κ1) is 22.5. The maximum atomic E-state index is 13.0. The summed E-state index contributed by atoms with van der Waals surface area (Å²) in [6, 6.07) is 12.5. The Hall–Kier alpha value is -3.69. The van der Waals surface area contributed by atoms with Gasteiger partial charge in [-0.3, -0.25) is 14.4 Å². The number of hydrogen-bond acceptors (Lipinski definition) is 5. The number of nitrogens with zero attached hydrogens (tertiary/aromatic N) is 2. The highest BCUT2D eigenvalue weighted by Crippen LogP contribution is 2.20. The first-order valence-corrected chi connectivity index (χ1v) is 10.7. The van der Waals surface area contributed by atoms with Crippen molar-refractivity contribution in [1.82, 2.24) is 15.3 Å². The lowest BCUT2D eigenvalue weighted by Gasteiger charge is -2.27. The van der Waals surface area contributed by atoms with E-state index in [0.29, 0.717) is 35.1 Å². The van der Waals surface area contributed by atoms with E-state index in [1.54, 1.807) is 59.6 Å². The van der Waals surface area contributed by atoms with E-state index in [1.807, 2.05) is 0 Å². The highest BCUT2D eigenvalue weighted by Gasteiger charge is 2.24. The molecule has 4 rings (SSSR count). The molecule has 0 unspecified atom stereocenters. The number of H-pyrrole nitrogens is 1. The topological polar surface area (TPSA) is 116 Å². The zero-order valence-corrected chi connectivity index (χ0v) is 18.3. The molecule has 0 saturated carbocycles. The van der Waals surface area contributed by atoms with E-state index in [-0.39, 0.29) is 24.8 Å². The van der Waals surface area contributed by atoms with Gasteiger partial charge in [0.25, 0.3) is 11.8 Å². The molecule has 0 spiro atoms. The van der Waals surface area contributed by atoms with Gasteiger partial charge in [-0.25, -0.2) is 4.98 Å². The monoisotopic (exact) mass is 467 g/mol. The summed E-state index contributed by atoms with van der Waals surface area (Å²) in [5.41, 5.74) is 2.36. The first-order valence-electron chi connectivity index (χ1n) is 10.3. The summed E-state index contributed by atoms with van der Waals surface area (Å²) in [4.78, 5) is 46.3. The van der Waals surface area contributed by atoms with Crippen molar-refractivity contribution in [3.8, 4) is 0 Å². The Bertz CT molecular complexity index is 1120. The molecule has 1 fully saturated rings. The van der Waals surface area contributed by atoms with Gasteiger partial charge in [-0.05, 0) is 48.5 Å². The van der Waals surface area contributed by atoms with E-state index < -0.39 is 11.9 Å². The number of carbonyl (C=O) groups excluding carboxylic acids is 3. The number of ether oxygens (including phenoxy) is 1. The van der Waals surface area contributed by atoms with Crippen LogP contribution in [0, 0.1) is 0 Å². The molecule has 1 aliphatic rings. The second kappa shape index (κ2) is 10.3. The summed E-state index contributed by atoms with van der Waals surface area (Å²) in [5, 5.41) is 6.11. The van der Waals surface area contributed by atoms with Crippen molar-refractivity contribution in [3.63, 3.8) is 0 Å². The molecule has 0 radical (unpaired) electrons. The number of hydrogen-bond donors (Lipinski definition) is 3. The third-order valence-electron chi connectivity index (χ3n) is 5.14. The molecule has 0 bridgehead atoms. The summed E-state index contributed by atoms with van der Waals surface area (Å²) < 4.78 is 5.15. The van der Waals surface area contributed by atoms with Gasteiger partial charge < -0.3 is 25.3 Å². The zero-order valence-electron chi connectivity index (χ0n) is 17.6. The highest BCUT2D eigenvalue weighted by molar-refractivity contribution is 6.30. The smallest absolute Gasteiger partial charge is 0.253 e. The molecule has 3 N–H and O–H groups in total. The molecule has 10 heteroatoms. The number of amides is 3. The first-order chi connectivity index (χ1) is 16.0. The summed E-state index contributed by atoms with van der Waals surface area (Å²) in [6.07, 6.45) is 3.34. The second-order valence-corrected chi connectivity index (χ2v) is 7.88. The van der Waals surface area contributed by atoms with Crippen molar-refractivity contribution in [2.75, 3.05) is 30.0 Å². The number of benzene rings is 2. The van der Waals surface area contributed by atoms with Crippen LogP contribution < -0.4 is 15.5 Å². The molecule has 170 valence electrons. The quantitative estimate of drug-likeness (QED) is 0.493. The Kier molecular flexibility index (Phi) is 7.01. The fourth-order valence-corrected chi connectivity index (χ4v) is 3.54. The summed E-state index contributed by atoms with van der Waals surface area (Å²) >= 11 is 5.89. The van der Waals surface area contributed by atoms with Gasteiger partial charge in [0.15, 0.2) is 0 Å². The maximum absolute atomic E-state index is 13.0. The number of aromatic amines is 1. The molecule has 2 aromatic carbocycles. The molecule has 1 atom stereocenters. The normalized spacial score (nSPS) is 14.6. The van der Waals surface area contributed by atoms with Gasteiger partial charge in [0, 0.05) is 46.8 Å². The number of aromatic nitrogens is 2. The van der Waals surface area contributed by atoms with E-state index in [2.05, 4.69) is 20.6 Å². The van der Waals surface area contributed by atoms with E-state index in [0.717, 1.165) is 5.69 Å². The lowest BCUT2D eigenvalue weighted by atomic mass is 10.1. The predicted molar refractivity (Wildman–Crippen MR) is 123 cm³/mol. The molecule has 0 aliphatic carbocycles. The fraction of sp³-hybridized carbons (Fsp3) is 0.217. The van der Waals surface area contributed by atoms with Crippen LogP contribution >= 0.6 is 11.6 Å². The minimum Gasteiger partial charge on any atom is -0.370 e. The Morgan fingerprint density at radius 1 is 1.15 bits per heavy atom. The van der Waals surface area contributed by atoms with E-state index in [1.165, 1.54) is 6.33 Å². The summed E-state index contributed by atoms with van der Waals surface area (Å²) in [5.74, 6) is -0.891. The standard InChI is InChI=1S/C23H22ClN5O4/c24-16-3-1-15(2-4-16)22(31)28-20(11-18-12-25-14-26-18)23(32)27-17-5-7-19(8-6-17)29-9-10-33-13-21(29)30/h1-8,12,14,20H,9-11,13H2,(H,25,26)(H,27,32)(H,28,31)/t20-/m0/s1. The third-order valence-corrected chi connectivity index (χ3v) is 5.39. The SMILES string of the molecule is O=C(N[C@@H](Cc1cnc[nH]1)C(=O)Nc1ccc(N2CCOCC2=O)cc1)c1ccc(Cl)cc1. The lowest BCUT2D eigenvalue weighted by Crippen LogP contribution is -2.45. The molecule has 1 aromatic heterocycles. The number of halogens is 1. The molecular formula is C23H22ClN5O4. The molecule has 1 aliphatic heterocycles. The Morgan fingerprint density at radius 2 is 1.91 bits per heavy atom. The van der Waals surface area contributed by atoms with Crippen molar-refractivity contribution in [2.24, 2.45) is 0 Å². The van der Waals surface area contributed by atoms with Crippen molar-refractivity contribution in [2.45, 2.75) is 12.5 Å². The average Bonchev–Trinajstić information content (AvgIpc) is 3.33. The number of carbonyl (C=O) groups is 3. The summed E-state index contributed by atoms with van der Waals surface area (Å²) in [7, 11) is 0. The Labute approximate surface area is 195 Å². The van der Waals surface area contributed by atoms with Crippen molar-refractivity contribution in [3.05, 3.63) is 77.3 Å². The van der Waals surface area contributed by atoms with Crippen LogP contribution in [0.4, 0.5) is 11.4 Å². The van der Waals surface area contributed by atoms with Gasteiger partial charge in [0.2, 0.25) is 5.91 Å². The largest absolute Gasteiger partial charge is 0.370 e. The van der Waals surface area contributed by atoms with Crippen LogP contribution in [0.25, 0.3) is 0 Å². The number of nitrogens with one attached hydrogen (secondary N) is 3. The second-order valence-electron chi connectivity index (χ2n) is 7.45. The van der Waals surface area contributed by atoms with Crippen molar-refractivity contribution >= 4 is 40.7 Å². The number of anilines is 2. The van der Waals surface area contributed by atoms with E-state index in [4.69, 9.17) is 16.3 Å². The minimum absolute atomic E-state index is 0.0566. The third kappa shape index (κ3) is 5.76. The van der Waals surface area contributed by atoms with Crippen LogP contribution in [0.5, 0.6) is 0 Å². The predicted octanol–water partition coefficient (Wildman–Crippen LogP) is 2.41. The van der Waals surface area contributed by atoms with Crippen LogP contribution in [0.2, 0.25) is 5.02 Å². The number of imidazole rings is 1. The van der Waals surface area contributed by atoms with Gasteiger partial charge >= 0.3 is 0 Å². The fourth-order valence-electron chi connectivity index (χ4n) is 3.41. The average molecular weight is 468 g/mol. The Morgan fingerprint density at radius 3 is 2.58 bits per heavy atom. The molecule has 3 amide bonds. The van der Waals surface area contributed by atoms with E-state index in [9.17, 15) is 14.4 Å². The number of morpholine rings is 1. The van der Waals surface area contributed by atoms with Gasteiger partial charge in [0.1, 0.15) is 12.6 Å². The van der Waals surface area contributed by atoms with Gasteiger partial charge in [-0.2, -0.15) is 0 Å². The van der Waals surface area contributed by atoms with Gasteiger partial charge in [-0.15, -0.1) is 0 Å². The number of rotatable bonds is 7. The van der Waals surface area contributed by atoms with E-state index >= 15 is 0 Å². The lowest BCUT2D eigenvalue weighted by molar-refractivity contribution is -0.125. The molecular weight excluding hydrogens is 446 g/mol. The van der Waals surface area contributed by atoms with Crippen molar-refractivity contribution in [1.29, 1.82) is 0 Å². The molecule has 2 heterocycles. The van der Waals surface area contributed by atoms with Crippen LogP contribution in [0.3, 0.4) is 0 Å². The highest BCUT2D eigenvalue weighted by atomic mass is 35.5. The molecule has 9 nitrogen and oxygen atoms in total. The molecule has 33 heavy (non-hydrogen) atoms. The van der Waals surface area contributed by atoms with Gasteiger partial charge in [-0.1, -0.05) is 11.6 Å². The van der Waals surface area contributed by atoms with Crippen LogP contribution in [0.1, 0.15) is 16.1 Å². The summed E-state index contributed by atoms with van der Waals surface area (Å²) in [6.45, 7) is 1.02. The van der Waals surface area contributed by atoms with Crippen LogP contribution in [-0.4, -0.2) is 53.5 Å².